The number of nitrogens with two attached hydrogens (primary N) is 5. The number of fused-ring (bicyclic) bond motifs is 2. The van der Waals surface area contributed by atoms with Gasteiger partial charge in [-0.15, -0.1) is 5.92 Å². The first-order chi connectivity index (χ1) is 48.7. The SMILES string of the molecule is CC#CC(I)(I)I.CCO/C=C(/C#N)C(=O)OCC.COC(=O)c1ccncc1.COC(=O)c1cnc2cc(-c3ccncc3)nn2c1N.N#CCC(=O)c1ccncc1.NN.Nc1c(CO)cnc2cc(-c3ccncc3)nn12.Nc1cc(-c2ccncc2)[nH]n1.O=C(O)c1ccncc1. The fraction of sp³-hybridized carbons (Fsp3) is 0.152. The monoisotopic (exact) mass is 1710 g/mol. The zero-order valence-corrected chi connectivity index (χ0v) is 60.9. The van der Waals surface area contributed by atoms with Gasteiger partial charge in [0.1, 0.15) is 35.3 Å². The molecular weight excluding hydrogens is 1640 g/mol. The van der Waals surface area contributed by atoms with Crippen LogP contribution in [0.5, 0.6) is 0 Å². The molecule has 35 heteroatoms. The van der Waals surface area contributed by atoms with Gasteiger partial charge >= 0.3 is 23.9 Å². The van der Waals surface area contributed by atoms with Crippen molar-refractivity contribution < 1.29 is 53.1 Å². The number of carbonyl (C=O) groups excluding carboxylic acids is 4. The number of aliphatic hydroxyl groups excluding tert-OH is 1. The molecule has 0 spiro atoms. The fourth-order valence-corrected chi connectivity index (χ4v) is 7.93. The molecule has 11 aromatic rings. The molecule has 0 unspecified atom stereocenters. The molecule has 0 saturated heterocycles. The Labute approximate surface area is 619 Å². The maximum atomic E-state index is 11.6. The summed E-state index contributed by atoms with van der Waals surface area (Å²) in [5, 5.41) is 49.5. The molecule has 522 valence electrons. The molecule has 11 rings (SSSR count). The standard InChI is InChI=1S/C13H11N5O2.C12H11N5O.C8H8N4.C8H6N2O.C8H11NO3.C7H7NO2.C6H5NO2.C4H3I3.H4N2/c1-20-13(19)9-7-16-11-6-10(17-18(11)12(9)14)8-2-4-15-5-3-8;13-12-9(7-18)6-15-11-5-10(16-17(11)12)8-1-3-14-4-2-8;9-8-5-7(11-12-8)6-1-3-10-4-2-6;9-4-1-8(11)7-2-5-10-6-3-7;1-3-11-6-7(5-9)8(10)12-4-2;1-10-7(9)6-2-4-8-5-3-6;8-6(9)5-1-3-7-4-2-5;1-2-3-4(5,6)7;1-2/h2-7H,14H2,1H3;1-6,18H,7,13H2;1-5H,(H3,9,11,12);2-3,5-6H,1H2;6H,3-4H2,1-2H3;2-5H,1H3;1-4H,(H,8,9);1H3;1-2H2/b;;;;7-6-;;;;. The van der Waals surface area contributed by atoms with E-state index in [1.54, 1.807) is 118 Å². The van der Waals surface area contributed by atoms with Gasteiger partial charge in [-0.2, -0.15) is 34.9 Å². The van der Waals surface area contributed by atoms with E-state index in [1.165, 1.54) is 66.4 Å². The highest BCUT2D eigenvalue weighted by atomic mass is 127. The van der Waals surface area contributed by atoms with Crippen LogP contribution in [0.15, 0.2) is 190 Å². The van der Waals surface area contributed by atoms with Crippen molar-refractivity contribution in [3.05, 3.63) is 217 Å². The van der Waals surface area contributed by atoms with E-state index in [9.17, 15) is 24.0 Å². The molecular formula is C66H66I3N21O11. The normalized spacial score (nSPS) is 9.81. The van der Waals surface area contributed by atoms with Gasteiger partial charge in [0.2, 0.25) is 0 Å². The Hall–Kier alpha value is -11.6. The quantitative estimate of drug-likeness (QED) is 0.00457. The topological polar surface area (TPSA) is 507 Å². The Bertz CT molecular complexity index is 4530. The highest BCUT2D eigenvalue weighted by Crippen LogP contribution is 2.34. The number of halogens is 3. The molecule has 0 aliphatic rings. The van der Waals surface area contributed by atoms with Crippen molar-refractivity contribution in [3.8, 4) is 57.8 Å². The first kappa shape index (κ1) is 83.7. The number of aromatic nitrogens is 14. The van der Waals surface area contributed by atoms with E-state index in [2.05, 4.69) is 166 Å². The number of carboxylic acids is 1. The summed E-state index contributed by atoms with van der Waals surface area (Å²) < 4.78 is 21.5. The molecule has 0 aromatic carbocycles. The number of hydrazine groups is 1. The number of ether oxygens (including phenoxy) is 4. The van der Waals surface area contributed by atoms with Gasteiger partial charge in [-0.3, -0.25) is 51.5 Å². The number of aromatic amines is 1. The number of carbonyl (C=O) groups is 5. The van der Waals surface area contributed by atoms with Gasteiger partial charge in [0, 0.05) is 133 Å². The molecule has 0 aliphatic heterocycles. The molecule has 0 amide bonds. The number of H-pyrrole nitrogens is 1. The number of carboxylic acid groups (broad SMARTS) is 1. The van der Waals surface area contributed by atoms with E-state index in [0.29, 0.717) is 51.9 Å². The lowest BCUT2D eigenvalue weighted by Gasteiger charge is -2.04. The summed E-state index contributed by atoms with van der Waals surface area (Å²) in [6.45, 7) is 5.81. The molecule has 0 saturated carbocycles. The number of aliphatic hydroxyl groups is 1. The van der Waals surface area contributed by atoms with E-state index in [0.717, 1.165) is 34.3 Å². The highest BCUT2D eigenvalue weighted by Gasteiger charge is 2.17. The summed E-state index contributed by atoms with van der Waals surface area (Å²) >= 11 is 6.83. The second kappa shape index (κ2) is 46.6. The number of Topliss-reactive ketones (excluding diaryl/α,β-unsaturated/α-hetero) is 1. The van der Waals surface area contributed by atoms with Crippen LogP contribution in [-0.2, 0) is 30.3 Å². The molecule has 0 bridgehead atoms. The Morgan fingerprint density at radius 1 is 0.624 bits per heavy atom. The minimum atomic E-state index is -0.919. The van der Waals surface area contributed by atoms with E-state index < -0.39 is 17.9 Å². The largest absolute Gasteiger partial charge is 0.500 e. The third kappa shape index (κ3) is 29.6. The summed E-state index contributed by atoms with van der Waals surface area (Å²) in [6.07, 6.45) is 23.3. The Kier molecular flexibility index (Phi) is 38.6. The third-order valence-corrected chi connectivity index (χ3v) is 12.6. The van der Waals surface area contributed by atoms with Crippen molar-refractivity contribution in [3.63, 3.8) is 0 Å². The number of hydrogen-bond donors (Lipinski definition) is 8. The molecule has 32 nitrogen and oxygen atoms in total. The molecule has 0 aliphatic carbocycles. The summed E-state index contributed by atoms with van der Waals surface area (Å²) in [6, 6.07) is 29.4. The average Bonchev–Trinajstić information content (AvgIpc) is 1.66. The predicted octanol–water partition coefficient (Wildman–Crippen LogP) is 8.69. The Morgan fingerprint density at radius 3 is 1.45 bits per heavy atom. The maximum absolute atomic E-state index is 11.6. The second-order valence-electron chi connectivity index (χ2n) is 18.3. The summed E-state index contributed by atoms with van der Waals surface area (Å²) in [4.78, 5) is 85.7. The van der Waals surface area contributed by atoms with E-state index in [-0.39, 0.29) is 53.3 Å². The van der Waals surface area contributed by atoms with Crippen LogP contribution in [0, 0.1) is 34.5 Å². The lowest BCUT2D eigenvalue weighted by Crippen LogP contribution is -2.11. The fourth-order valence-electron chi connectivity index (χ4n) is 7.12. The summed E-state index contributed by atoms with van der Waals surface area (Å²) in [5.41, 5.74) is 25.7. The van der Waals surface area contributed by atoms with Crippen molar-refractivity contribution in [2.45, 2.75) is 33.2 Å². The first-order valence-electron chi connectivity index (χ1n) is 28.8. The number of ketones is 1. The average molecular weight is 1710 g/mol. The van der Waals surface area contributed by atoms with Crippen molar-refractivity contribution in [2.24, 2.45) is 11.7 Å². The number of alkyl halides is 3. The number of nitrogen functional groups attached to an aromatic ring is 3. The van der Waals surface area contributed by atoms with Crippen molar-refractivity contribution in [2.75, 3.05) is 44.6 Å². The molecule has 11 aromatic heterocycles. The molecule has 11 heterocycles. The van der Waals surface area contributed by atoms with Crippen LogP contribution in [0.4, 0.5) is 17.5 Å². The van der Waals surface area contributed by atoms with Gasteiger partial charge in [0.15, 0.2) is 22.1 Å². The Balaban J connectivity index is 0.000000305. The van der Waals surface area contributed by atoms with Crippen LogP contribution in [-0.4, -0.2) is 136 Å². The number of pyridine rings is 6. The minimum Gasteiger partial charge on any atom is -0.500 e. The Morgan fingerprint density at radius 2 is 1.07 bits per heavy atom. The maximum Gasteiger partial charge on any atom is 0.352 e. The van der Waals surface area contributed by atoms with E-state index in [1.807, 2.05) is 49.4 Å². The number of aromatic carboxylic acids is 1. The lowest BCUT2D eigenvalue weighted by molar-refractivity contribution is -0.138. The third-order valence-electron chi connectivity index (χ3n) is 11.8. The number of hydrogen-bond acceptors (Lipinski definition) is 28. The van der Waals surface area contributed by atoms with Crippen LogP contribution in [0.25, 0.3) is 45.1 Å². The van der Waals surface area contributed by atoms with Crippen molar-refractivity contribution in [1.29, 1.82) is 10.5 Å². The van der Waals surface area contributed by atoms with Gasteiger partial charge in [0.05, 0.1) is 74.7 Å². The van der Waals surface area contributed by atoms with Crippen LogP contribution < -0.4 is 28.9 Å². The van der Waals surface area contributed by atoms with Gasteiger partial charge in [0.25, 0.3) is 0 Å². The van der Waals surface area contributed by atoms with E-state index >= 15 is 0 Å². The van der Waals surface area contributed by atoms with Gasteiger partial charge < -0.3 is 46.4 Å². The van der Waals surface area contributed by atoms with Crippen molar-refractivity contribution in [1.82, 2.24) is 69.3 Å². The molecule has 0 atom stereocenters. The van der Waals surface area contributed by atoms with Crippen LogP contribution in [0.2, 0.25) is 0 Å². The number of methoxy groups -OCH3 is 2. The van der Waals surface area contributed by atoms with Crippen molar-refractivity contribution >= 4 is 126 Å². The van der Waals surface area contributed by atoms with Gasteiger partial charge in [-0.1, -0.05) is 5.92 Å². The lowest BCUT2D eigenvalue weighted by atomic mass is 10.1. The van der Waals surface area contributed by atoms with Gasteiger partial charge in [-0.05, 0) is 161 Å². The predicted molar refractivity (Wildman–Crippen MR) is 399 cm³/mol. The van der Waals surface area contributed by atoms with Crippen LogP contribution in [0.3, 0.4) is 0 Å². The van der Waals surface area contributed by atoms with Crippen LogP contribution >= 0.6 is 67.8 Å². The summed E-state index contributed by atoms with van der Waals surface area (Å²) in [5.74, 6) is 12.3. The highest BCUT2D eigenvalue weighted by molar-refractivity contribution is 14.3. The number of nitriles is 2. The summed E-state index contributed by atoms with van der Waals surface area (Å²) in [7, 11) is 2.64. The number of anilines is 3. The number of nitrogens with one attached hydrogen (secondary N) is 1. The zero-order valence-electron chi connectivity index (χ0n) is 54.4. The molecule has 101 heavy (non-hydrogen) atoms. The molecule has 0 radical (unpaired) electrons. The first-order valence-corrected chi connectivity index (χ1v) is 32.0. The number of rotatable bonds is 13. The number of nitrogens with zero attached hydrogens (tertiary/aromatic N) is 15. The molecule has 13 N–H and O–H groups in total. The number of esters is 3. The second-order valence-corrected chi connectivity index (χ2v) is 29.4. The zero-order chi connectivity index (χ0) is 74.5. The molecule has 0 fully saturated rings. The minimum absolute atomic E-state index is 0.0655. The van der Waals surface area contributed by atoms with Gasteiger partial charge in [-0.25, -0.2) is 29.1 Å². The smallest absolute Gasteiger partial charge is 0.352 e. The van der Waals surface area contributed by atoms with Crippen LogP contribution in [0.1, 0.15) is 74.2 Å². The van der Waals surface area contributed by atoms with E-state index in [4.69, 9.17) is 42.7 Å².